The molecular formula is C36H32F8O4S4. The number of benzene rings is 4. The van der Waals surface area contributed by atoms with Crippen LogP contribution in [0.3, 0.4) is 0 Å². The maximum Gasteiger partial charge on any atom is 0.387 e. The second-order valence-electron chi connectivity index (χ2n) is 10.9. The van der Waals surface area contributed by atoms with Gasteiger partial charge in [0.25, 0.3) is 0 Å². The molecule has 280 valence electrons. The van der Waals surface area contributed by atoms with Crippen molar-refractivity contribution < 1.29 is 54.5 Å². The average Bonchev–Trinajstić information content (AvgIpc) is 3.11. The molecule has 52 heavy (non-hydrogen) atoms. The smallest absolute Gasteiger partial charge is 0.387 e. The van der Waals surface area contributed by atoms with Crippen molar-refractivity contribution >= 4 is 53.3 Å². The van der Waals surface area contributed by atoms with E-state index in [-0.39, 0.29) is 16.1 Å². The maximum absolute atomic E-state index is 13.8. The van der Waals surface area contributed by atoms with Gasteiger partial charge >= 0.3 is 13.2 Å². The minimum absolute atomic E-state index is 0.00500. The van der Waals surface area contributed by atoms with E-state index < -0.39 is 46.7 Å². The fourth-order valence-electron chi connectivity index (χ4n) is 5.02. The van der Waals surface area contributed by atoms with Gasteiger partial charge in [-0.05, 0) is 101 Å². The van der Waals surface area contributed by atoms with Gasteiger partial charge in [0.15, 0.2) is 0 Å². The summed E-state index contributed by atoms with van der Waals surface area (Å²) in [5.74, 6) is 1.06. The van der Waals surface area contributed by atoms with Crippen LogP contribution in [0.1, 0.15) is 50.6 Å². The minimum Gasteiger partial charge on any atom is -0.435 e. The Hall–Kier alpha value is -3.05. The van der Waals surface area contributed by atoms with Gasteiger partial charge in [0.2, 0.25) is 0 Å². The number of carbonyl (C=O) groups is 1. The summed E-state index contributed by atoms with van der Waals surface area (Å²) in [6.07, 6.45) is 1.48. The number of rotatable bonds is 9. The van der Waals surface area contributed by atoms with Crippen molar-refractivity contribution in [1.29, 1.82) is 0 Å². The molecular weight excluding hydrogens is 777 g/mol. The minimum atomic E-state index is -2.98. The van der Waals surface area contributed by atoms with E-state index in [2.05, 4.69) is 9.47 Å². The zero-order chi connectivity index (χ0) is 37.7. The van der Waals surface area contributed by atoms with Gasteiger partial charge in [-0.1, -0.05) is 24.3 Å². The number of aliphatic hydroxyl groups excluding tert-OH is 1. The lowest BCUT2D eigenvalue weighted by Gasteiger charge is -2.40. The van der Waals surface area contributed by atoms with Crippen molar-refractivity contribution in [3.8, 4) is 11.5 Å². The first-order valence-corrected chi connectivity index (χ1v) is 19.6. The molecule has 16 heteroatoms. The molecule has 0 saturated carbocycles. The summed E-state index contributed by atoms with van der Waals surface area (Å²) in [5, 5.41) is 11.1. The first-order valence-electron chi connectivity index (χ1n) is 15.5. The third kappa shape index (κ3) is 12.5. The van der Waals surface area contributed by atoms with Crippen molar-refractivity contribution in [3.05, 3.63) is 130 Å². The third-order valence-electron chi connectivity index (χ3n) is 7.15. The van der Waals surface area contributed by atoms with Gasteiger partial charge in [-0.3, -0.25) is 4.79 Å². The van der Waals surface area contributed by atoms with Gasteiger partial charge < -0.3 is 14.6 Å². The number of aldehydes is 1. The summed E-state index contributed by atoms with van der Waals surface area (Å²) in [6, 6.07) is 18.3. The van der Waals surface area contributed by atoms with Crippen molar-refractivity contribution in [2.24, 2.45) is 0 Å². The lowest BCUT2D eigenvalue weighted by Crippen LogP contribution is -2.31. The van der Waals surface area contributed by atoms with E-state index in [1.807, 2.05) is 0 Å². The van der Waals surface area contributed by atoms with Crippen LogP contribution in [0.25, 0.3) is 0 Å². The first kappa shape index (κ1) is 41.7. The Kier molecular flexibility index (Phi) is 16.4. The predicted molar refractivity (Wildman–Crippen MR) is 193 cm³/mol. The van der Waals surface area contributed by atoms with Gasteiger partial charge in [0.1, 0.15) is 51.2 Å². The number of ether oxygens (including phenoxy) is 2. The molecule has 2 saturated heterocycles. The lowest BCUT2D eigenvalue weighted by molar-refractivity contribution is -0.0506. The fraction of sp³-hybridized carbons (Fsp3) is 0.306. The number of hydrogen-bond acceptors (Lipinski definition) is 8. The molecule has 1 atom stereocenters. The van der Waals surface area contributed by atoms with Gasteiger partial charge in [-0.15, -0.1) is 47.0 Å². The number of thioether (sulfide) groups is 4. The summed E-state index contributed by atoms with van der Waals surface area (Å²) in [5.41, 5.74) is 1.73. The summed E-state index contributed by atoms with van der Waals surface area (Å²) in [6.45, 7) is -5.83. The van der Waals surface area contributed by atoms with Crippen molar-refractivity contribution in [2.45, 2.75) is 40.8 Å². The van der Waals surface area contributed by atoms with Gasteiger partial charge in [-0.25, -0.2) is 17.6 Å². The molecule has 0 aliphatic carbocycles. The topological polar surface area (TPSA) is 55.8 Å². The highest BCUT2D eigenvalue weighted by Gasteiger charge is 2.44. The number of carbonyl (C=O) groups excluding carboxylic acids is 1. The summed E-state index contributed by atoms with van der Waals surface area (Å²) < 4.78 is 109. The summed E-state index contributed by atoms with van der Waals surface area (Å²) >= 11 is 6.32. The Morgan fingerprint density at radius 1 is 0.673 bits per heavy atom. The molecule has 0 radical (unpaired) electrons. The van der Waals surface area contributed by atoms with Crippen LogP contribution in [0.4, 0.5) is 35.1 Å². The summed E-state index contributed by atoms with van der Waals surface area (Å²) in [4.78, 5) is 10.2. The quantitative estimate of drug-likeness (QED) is 0.133. The molecule has 2 aliphatic heterocycles. The Morgan fingerprint density at radius 2 is 1.17 bits per heavy atom. The molecule has 6 rings (SSSR count). The standard InChI is InChI=1S/C18H16F4O2S2.C10H10F2S2.C8H6F2O2/c19-13-8-12(9-14(20)10-13)18(25-5-2-6-26-18)16(23)11-3-1-4-15(7-11)24-17(21)22;11-8-4-7(5-9(12)6-8)10-13-2-1-3-14-10;9-8(10)12-7-3-1-2-6(4-7)5-11/h1,3-4,7-10,16-17,23H,2,5-6H2;4-6,10H,1-3H2;1-5,8H. The highest BCUT2D eigenvalue weighted by atomic mass is 32.2. The van der Waals surface area contributed by atoms with E-state index in [4.69, 9.17) is 0 Å². The molecule has 4 aromatic rings. The number of alkyl halides is 4. The van der Waals surface area contributed by atoms with Crippen LogP contribution in [0, 0.1) is 23.3 Å². The van der Waals surface area contributed by atoms with Crippen LogP contribution in [-0.4, -0.2) is 47.6 Å². The van der Waals surface area contributed by atoms with Crippen molar-refractivity contribution in [2.75, 3.05) is 23.0 Å². The monoisotopic (exact) mass is 808 g/mol. The van der Waals surface area contributed by atoms with Crippen LogP contribution in [0.2, 0.25) is 0 Å². The molecule has 4 nitrogen and oxygen atoms in total. The van der Waals surface area contributed by atoms with Crippen LogP contribution < -0.4 is 9.47 Å². The van der Waals surface area contributed by atoms with E-state index in [1.54, 1.807) is 29.6 Å². The highest BCUT2D eigenvalue weighted by Crippen LogP contribution is 2.57. The van der Waals surface area contributed by atoms with E-state index in [0.717, 1.165) is 35.6 Å². The average molecular weight is 809 g/mol. The molecule has 4 aromatic carbocycles. The fourth-order valence-corrected chi connectivity index (χ4v) is 11.2. The predicted octanol–water partition coefficient (Wildman–Crippen LogP) is 11.3. The van der Waals surface area contributed by atoms with Crippen LogP contribution in [-0.2, 0) is 4.08 Å². The SMILES string of the molecule is Fc1cc(F)cc(C2SCCCS2)c1.O=Cc1cccc(OC(F)F)c1.OC(c1cccc(OC(F)F)c1)C1(c2cc(F)cc(F)c2)SCCCS1. The second kappa shape index (κ2) is 20.4. The van der Waals surface area contributed by atoms with Crippen LogP contribution in [0.5, 0.6) is 11.5 Å². The molecule has 0 spiro atoms. The van der Waals surface area contributed by atoms with Gasteiger partial charge in [-0.2, -0.15) is 17.6 Å². The Bertz CT molecular complexity index is 1700. The molecule has 0 bridgehead atoms. The second-order valence-corrected chi connectivity index (χ2v) is 16.6. The molecule has 0 aromatic heterocycles. The Morgan fingerprint density at radius 3 is 1.71 bits per heavy atom. The molecule has 1 N–H and O–H groups in total. The normalized spacial score (nSPS) is 16.2. The van der Waals surface area contributed by atoms with E-state index >= 15 is 0 Å². The van der Waals surface area contributed by atoms with E-state index in [1.165, 1.54) is 96.7 Å². The van der Waals surface area contributed by atoms with Crippen LogP contribution in [0.15, 0.2) is 84.9 Å². The van der Waals surface area contributed by atoms with E-state index in [9.17, 15) is 45.0 Å². The third-order valence-corrected chi connectivity index (χ3v) is 13.6. The molecule has 2 heterocycles. The zero-order valence-electron chi connectivity index (χ0n) is 27.0. The maximum atomic E-state index is 13.8. The molecule has 1 unspecified atom stereocenters. The van der Waals surface area contributed by atoms with E-state index in [0.29, 0.717) is 34.5 Å². The Balaban J connectivity index is 0.000000195. The number of hydrogen-bond donors (Lipinski definition) is 1. The molecule has 0 amide bonds. The largest absolute Gasteiger partial charge is 0.435 e. The Labute approximate surface area is 312 Å². The number of aliphatic hydroxyl groups is 1. The van der Waals surface area contributed by atoms with Crippen molar-refractivity contribution in [1.82, 2.24) is 0 Å². The zero-order valence-corrected chi connectivity index (χ0v) is 30.3. The van der Waals surface area contributed by atoms with Gasteiger partial charge in [0, 0.05) is 17.7 Å². The number of halogens is 8. The van der Waals surface area contributed by atoms with Crippen molar-refractivity contribution in [3.63, 3.8) is 0 Å². The van der Waals surface area contributed by atoms with Crippen LogP contribution >= 0.6 is 47.0 Å². The first-order chi connectivity index (χ1) is 24.9. The summed E-state index contributed by atoms with van der Waals surface area (Å²) in [7, 11) is 0. The molecule has 2 aliphatic rings. The van der Waals surface area contributed by atoms with Gasteiger partial charge in [0.05, 0.1) is 4.58 Å². The highest BCUT2D eigenvalue weighted by molar-refractivity contribution is 8.18. The lowest BCUT2D eigenvalue weighted by atomic mass is 9.99. The molecule has 2 fully saturated rings.